The van der Waals surface area contributed by atoms with Crippen LogP contribution in [0.1, 0.15) is 41.4 Å². The van der Waals surface area contributed by atoms with Gasteiger partial charge in [-0.1, -0.05) is 12.8 Å². The summed E-state index contributed by atoms with van der Waals surface area (Å²) in [5, 5.41) is 0. The highest BCUT2D eigenvalue weighted by molar-refractivity contribution is 9.10. The molecule has 1 fully saturated rings. The molecule has 0 amide bonds. The number of hydrogen-bond acceptors (Lipinski definition) is 2. The van der Waals surface area contributed by atoms with Gasteiger partial charge in [-0.2, -0.15) is 0 Å². The highest BCUT2D eigenvalue weighted by Gasteiger charge is 2.21. The summed E-state index contributed by atoms with van der Waals surface area (Å²) >= 11 is 5.51. The first kappa shape index (κ1) is 9.69. The van der Waals surface area contributed by atoms with E-state index in [2.05, 4.69) is 22.0 Å². The molecule has 2 rings (SSSR count). The first-order valence-electron chi connectivity index (χ1n) is 4.79. The number of rotatable bonds is 2. The molecule has 1 aromatic heterocycles. The molecule has 0 spiro atoms. The summed E-state index contributed by atoms with van der Waals surface area (Å²) in [4.78, 5) is 2.83. The maximum atomic E-state index is 5.62. The van der Waals surface area contributed by atoms with Crippen LogP contribution in [0.4, 0.5) is 0 Å². The monoisotopic (exact) mass is 259 g/mol. The molecule has 1 saturated carbocycles. The van der Waals surface area contributed by atoms with Gasteiger partial charge in [-0.15, -0.1) is 11.3 Å². The van der Waals surface area contributed by atoms with Gasteiger partial charge < -0.3 is 5.73 Å². The molecule has 0 atom stereocenters. The minimum absolute atomic E-state index is 0.677. The van der Waals surface area contributed by atoms with Gasteiger partial charge in [-0.25, -0.2) is 0 Å². The third-order valence-corrected chi connectivity index (χ3v) is 4.93. The zero-order valence-electron chi connectivity index (χ0n) is 7.55. The quantitative estimate of drug-likeness (QED) is 0.863. The van der Waals surface area contributed by atoms with E-state index in [9.17, 15) is 0 Å². The minimum Gasteiger partial charge on any atom is -0.326 e. The van der Waals surface area contributed by atoms with E-state index in [1.165, 1.54) is 39.9 Å². The fourth-order valence-electron chi connectivity index (χ4n) is 2.00. The minimum atomic E-state index is 0.677. The lowest BCUT2D eigenvalue weighted by atomic mass is 10.1. The van der Waals surface area contributed by atoms with Gasteiger partial charge >= 0.3 is 0 Å². The van der Waals surface area contributed by atoms with Gasteiger partial charge in [0.2, 0.25) is 0 Å². The van der Waals surface area contributed by atoms with Crippen molar-refractivity contribution >= 4 is 27.3 Å². The largest absolute Gasteiger partial charge is 0.326 e. The number of nitrogens with two attached hydrogens (primary N) is 1. The van der Waals surface area contributed by atoms with E-state index in [1.54, 1.807) is 0 Å². The summed E-state index contributed by atoms with van der Waals surface area (Å²) in [5.41, 5.74) is 5.62. The van der Waals surface area contributed by atoms with Gasteiger partial charge in [0, 0.05) is 20.8 Å². The fourth-order valence-corrected chi connectivity index (χ4v) is 4.09. The third-order valence-electron chi connectivity index (χ3n) is 2.69. The van der Waals surface area contributed by atoms with Gasteiger partial charge in [0.15, 0.2) is 0 Å². The molecule has 1 heterocycles. The lowest BCUT2D eigenvalue weighted by molar-refractivity contribution is 0.735. The van der Waals surface area contributed by atoms with E-state index in [0.29, 0.717) is 6.54 Å². The summed E-state index contributed by atoms with van der Waals surface area (Å²) in [6.45, 7) is 0.677. The molecule has 72 valence electrons. The molecule has 2 N–H and O–H groups in total. The Kier molecular flexibility index (Phi) is 3.06. The lowest BCUT2D eigenvalue weighted by Gasteiger charge is -2.05. The van der Waals surface area contributed by atoms with Crippen molar-refractivity contribution in [2.45, 2.75) is 38.1 Å². The number of hydrogen-bond donors (Lipinski definition) is 1. The predicted octanol–water partition coefficient (Wildman–Crippen LogP) is 3.63. The van der Waals surface area contributed by atoms with Crippen LogP contribution in [0.5, 0.6) is 0 Å². The molecule has 0 radical (unpaired) electrons. The van der Waals surface area contributed by atoms with Crippen molar-refractivity contribution in [3.05, 3.63) is 20.3 Å². The van der Waals surface area contributed by atoms with Crippen LogP contribution in [0.15, 0.2) is 10.5 Å². The van der Waals surface area contributed by atoms with E-state index in [1.807, 2.05) is 11.3 Å². The van der Waals surface area contributed by atoms with Crippen molar-refractivity contribution in [3.63, 3.8) is 0 Å². The Hall–Kier alpha value is 0.140. The molecule has 1 aromatic rings. The third kappa shape index (κ3) is 1.97. The summed E-state index contributed by atoms with van der Waals surface area (Å²) in [5.74, 6) is 0.805. The van der Waals surface area contributed by atoms with Crippen LogP contribution >= 0.6 is 27.3 Å². The summed E-state index contributed by atoms with van der Waals surface area (Å²) in [7, 11) is 0. The van der Waals surface area contributed by atoms with Crippen molar-refractivity contribution in [2.24, 2.45) is 5.73 Å². The van der Waals surface area contributed by atoms with Crippen LogP contribution in [-0.4, -0.2) is 0 Å². The topological polar surface area (TPSA) is 26.0 Å². The van der Waals surface area contributed by atoms with Gasteiger partial charge in [0.1, 0.15) is 0 Å². The van der Waals surface area contributed by atoms with Crippen molar-refractivity contribution < 1.29 is 0 Å². The molecule has 0 saturated heterocycles. The summed E-state index contributed by atoms with van der Waals surface area (Å²) in [6, 6.07) is 2.18. The number of halogens is 1. The Morgan fingerprint density at radius 3 is 2.69 bits per heavy atom. The van der Waals surface area contributed by atoms with Gasteiger partial charge in [0.05, 0.1) is 0 Å². The first-order chi connectivity index (χ1) is 6.31. The Morgan fingerprint density at radius 2 is 2.15 bits per heavy atom. The van der Waals surface area contributed by atoms with Crippen molar-refractivity contribution in [1.29, 1.82) is 0 Å². The molecular formula is C10H14BrNS. The fraction of sp³-hybridized carbons (Fsp3) is 0.600. The van der Waals surface area contributed by atoms with Crippen LogP contribution in [-0.2, 0) is 6.54 Å². The van der Waals surface area contributed by atoms with Crippen LogP contribution < -0.4 is 5.73 Å². The smallest absolute Gasteiger partial charge is 0.0320 e. The molecular weight excluding hydrogens is 246 g/mol. The molecule has 1 aliphatic carbocycles. The van der Waals surface area contributed by atoms with Crippen LogP contribution in [0, 0.1) is 0 Å². The molecule has 3 heteroatoms. The second-order valence-electron chi connectivity index (χ2n) is 3.61. The standard InChI is InChI=1S/C10H14BrNS/c11-9-5-8(6-12)13-10(9)7-3-1-2-4-7/h5,7H,1-4,6,12H2. The average Bonchev–Trinajstić information content (AvgIpc) is 2.72. The molecule has 0 aromatic carbocycles. The van der Waals surface area contributed by atoms with Crippen LogP contribution in [0.2, 0.25) is 0 Å². The van der Waals surface area contributed by atoms with Crippen LogP contribution in [0.3, 0.4) is 0 Å². The zero-order chi connectivity index (χ0) is 9.26. The summed E-state index contributed by atoms with van der Waals surface area (Å²) in [6.07, 6.45) is 5.52. The second-order valence-corrected chi connectivity index (χ2v) is 5.63. The first-order valence-corrected chi connectivity index (χ1v) is 6.40. The highest BCUT2D eigenvalue weighted by atomic mass is 79.9. The Balaban J connectivity index is 2.22. The van der Waals surface area contributed by atoms with E-state index in [0.717, 1.165) is 5.92 Å². The highest BCUT2D eigenvalue weighted by Crippen LogP contribution is 2.41. The SMILES string of the molecule is NCc1cc(Br)c(C2CCCC2)s1. The van der Waals surface area contributed by atoms with Crippen molar-refractivity contribution in [1.82, 2.24) is 0 Å². The van der Waals surface area contributed by atoms with E-state index < -0.39 is 0 Å². The average molecular weight is 260 g/mol. The van der Waals surface area contributed by atoms with Gasteiger partial charge in [-0.05, 0) is 40.8 Å². The molecule has 0 bridgehead atoms. The Bertz CT molecular complexity index is 289. The number of thiophene rings is 1. The Labute approximate surface area is 91.5 Å². The van der Waals surface area contributed by atoms with E-state index >= 15 is 0 Å². The zero-order valence-corrected chi connectivity index (χ0v) is 9.96. The lowest BCUT2D eigenvalue weighted by Crippen LogP contribution is -1.91. The van der Waals surface area contributed by atoms with Gasteiger partial charge in [-0.3, -0.25) is 0 Å². The Morgan fingerprint density at radius 1 is 1.46 bits per heavy atom. The molecule has 1 nitrogen and oxygen atoms in total. The maximum Gasteiger partial charge on any atom is 0.0320 e. The summed E-state index contributed by atoms with van der Waals surface area (Å²) < 4.78 is 1.28. The van der Waals surface area contributed by atoms with E-state index in [-0.39, 0.29) is 0 Å². The van der Waals surface area contributed by atoms with Crippen LogP contribution in [0.25, 0.3) is 0 Å². The van der Waals surface area contributed by atoms with Crippen molar-refractivity contribution in [2.75, 3.05) is 0 Å². The molecule has 1 aliphatic rings. The predicted molar refractivity (Wildman–Crippen MR) is 61.1 cm³/mol. The second kappa shape index (κ2) is 4.11. The molecule has 0 aliphatic heterocycles. The maximum absolute atomic E-state index is 5.62. The van der Waals surface area contributed by atoms with Crippen molar-refractivity contribution in [3.8, 4) is 0 Å². The molecule has 0 unspecified atom stereocenters. The van der Waals surface area contributed by atoms with E-state index in [4.69, 9.17) is 5.73 Å². The van der Waals surface area contributed by atoms with Gasteiger partial charge in [0.25, 0.3) is 0 Å². The molecule has 13 heavy (non-hydrogen) atoms. The normalized spacial score (nSPS) is 18.3.